The predicted molar refractivity (Wildman–Crippen MR) is 234 cm³/mol. The van der Waals surface area contributed by atoms with Crippen molar-refractivity contribution >= 4 is 11.9 Å². The third-order valence-corrected chi connectivity index (χ3v) is 10.4. The van der Waals surface area contributed by atoms with Crippen molar-refractivity contribution in [1.29, 1.82) is 0 Å². The number of rotatable bonds is 15. The lowest BCUT2D eigenvalue weighted by Gasteiger charge is -2.27. The van der Waals surface area contributed by atoms with Crippen molar-refractivity contribution in [2.75, 3.05) is 26.4 Å². The molecule has 58 heavy (non-hydrogen) atoms. The number of benzene rings is 3. The maximum Gasteiger partial charge on any atom is 0.306 e. The van der Waals surface area contributed by atoms with Crippen LogP contribution in [-0.4, -0.2) is 63.9 Å². The molecule has 3 rings (SSSR count). The smallest absolute Gasteiger partial charge is 0.306 e. The molecule has 0 radical (unpaired) electrons. The van der Waals surface area contributed by atoms with Crippen molar-refractivity contribution < 1.29 is 44.6 Å². The van der Waals surface area contributed by atoms with Crippen LogP contribution < -0.4 is 0 Å². The first-order valence-electron chi connectivity index (χ1n) is 20.6. The van der Waals surface area contributed by atoms with E-state index in [0.717, 1.165) is 33.4 Å². The first-order valence-corrected chi connectivity index (χ1v) is 20.6. The van der Waals surface area contributed by atoms with Gasteiger partial charge in [0.15, 0.2) is 0 Å². The van der Waals surface area contributed by atoms with E-state index >= 15 is 0 Å². The molecular formula is C49H74O9. The summed E-state index contributed by atoms with van der Waals surface area (Å²) in [5, 5.41) is 51.5. The lowest BCUT2D eigenvalue weighted by atomic mass is 9.78. The Labute approximate surface area is 348 Å². The Morgan fingerprint density at radius 2 is 0.724 bits per heavy atom. The molecule has 0 spiro atoms. The van der Waals surface area contributed by atoms with E-state index in [1.54, 1.807) is 0 Å². The van der Waals surface area contributed by atoms with E-state index in [4.69, 9.17) is 9.47 Å². The van der Waals surface area contributed by atoms with E-state index in [9.17, 15) is 35.1 Å². The maximum atomic E-state index is 11.9. The van der Waals surface area contributed by atoms with Crippen LogP contribution in [0.25, 0.3) is 0 Å². The molecule has 2 atom stereocenters. The van der Waals surface area contributed by atoms with Gasteiger partial charge in [-0.3, -0.25) is 9.59 Å². The minimum absolute atomic E-state index is 0.0178. The second-order valence-corrected chi connectivity index (χ2v) is 20.1. The van der Waals surface area contributed by atoms with Gasteiger partial charge in [0.1, 0.15) is 17.2 Å². The Morgan fingerprint density at radius 1 is 0.466 bits per heavy atom. The van der Waals surface area contributed by atoms with Crippen molar-refractivity contribution in [2.45, 2.75) is 151 Å². The zero-order valence-electron chi connectivity index (χ0n) is 38.1. The van der Waals surface area contributed by atoms with E-state index < -0.39 is 23.8 Å². The molecule has 0 aliphatic carbocycles. The van der Waals surface area contributed by atoms with Gasteiger partial charge in [0.25, 0.3) is 0 Å². The third-order valence-electron chi connectivity index (χ3n) is 10.4. The Balaban J connectivity index is 0.000000603. The van der Waals surface area contributed by atoms with Gasteiger partial charge in [-0.2, -0.15) is 0 Å². The van der Waals surface area contributed by atoms with Crippen LogP contribution in [0.15, 0.2) is 36.4 Å². The number of carboxylic acid groups (broad SMARTS) is 2. The summed E-state index contributed by atoms with van der Waals surface area (Å²) >= 11 is 0. The van der Waals surface area contributed by atoms with E-state index in [-0.39, 0.29) is 85.3 Å². The normalized spacial score (nSPS) is 13.4. The average molecular weight is 807 g/mol. The SMILES string of the molecule is Cc1cc(C(C)(C)C)c(O)c(C(C)(C)C)c1.Cc1cc(CC(CCOCCOCCC(Cc2cc(C)cc(C(C)(C)C)c2O)C(=O)O)C(=O)O)c(O)c(C(C)(C)C)c1. The lowest BCUT2D eigenvalue weighted by molar-refractivity contribution is -0.143. The third kappa shape index (κ3) is 14.9. The van der Waals surface area contributed by atoms with Gasteiger partial charge in [-0.25, -0.2) is 0 Å². The van der Waals surface area contributed by atoms with Crippen LogP contribution in [0.5, 0.6) is 17.2 Å². The number of aromatic hydroxyl groups is 3. The first kappa shape index (κ1) is 50.1. The van der Waals surface area contributed by atoms with E-state index in [1.807, 2.05) is 79.7 Å². The van der Waals surface area contributed by atoms with E-state index in [0.29, 0.717) is 16.9 Å². The van der Waals surface area contributed by atoms with Gasteiger partial charge in [-0.05, 0) is 101 Å². The molecule has 0 amide bonds. The highest BCUT2D eigenvalue weighted by molar-refractivity contribution is 5.71. The summed E-state index contributed by atoms with van der Waals surface area (Å²) < 4.78 is 11.2. The summed E-state index contributed by atoms with van der Waals surface area (Å²) in [6.45, 7) is 31.8. The Kier molecular flexibility index (Phi) is 17.5. The summed E-state index contributed by atoms with van der Waals surface area (Å²) in [7, 11) is 0. The fraction of sp³-hybridized carbons (Fsp3) is 0.592. The molecule has 9 heteroatoms. The number of aryl methyl sites for hydroxylation is 3. The highest BCUT2D eigenvalue weighted by Crippen LogP contribution is 2.40. The van der Waals surface area contributed by atoms with Gasteiger partial charge in [0.2, 0.25) is 0 Å². The number of hydrogen-bond donors (Lipinski definition) is 5. The van der Waals surface area contributed by atoms with Gasteiger partial charge >= 0.3 is 11.9 Å². The van der Waals surface area contributed by atoms with Crippen molar-refractivity contribution in [3.63, 3.8) is 0 Å². The minimum Gasteiger partial charge on any atom is -0.507 e. The number of hydrogen-bond acceptors (Lipinski definition) is 7. The summed E-state index contributed by atoms with van der Waals surface area (Å²) in [4.78, 5) is 23.8. The number of ether oxygens (including phenoxy) is 2. The maximum absolute atomic E-state index is 11.9. The second kappa shape index (κ2) is 20.3. The highest BCUT2D eigenvalue weighted by Gasteiger charge is 2.28. The summed E-state index contributed by atoms with van der Waals surface area (Å²) in [6.07, 6.45) is 0.975. The fourth-order valence-corrected chi connectivity index (χ4v) is 7.01. The monoisotopic (exact) mass is 807 g/mol. The molecule has 3 aromatic carbocycles. The van der Waals surface area contributed by atoms with Gasteiger partial charge in [0.05, 0.1) is 25.0 Å². The minimum atomic E-state index is -0.943. The van der Waals surface area contributed by atoms with Gasteiger partial charge in [-0.1, -0.05) is 136 Å². The van der Waals surface area contributed by atoms with Crippen molar-refractivity contribution in [2.24, 2.45) is 11.8 Å². The van der Waals surface area contributed by atoms with Crippen molar-refractivity contribution in [3.8, 4) is 17.2 Å². The molecule has 0 fully saturated rings. The fourth-order valence-electron chi connectivity index (χ4n) is 7.01. The number of phenols is 3. The van der Waals surface area contributed by atoms with Crippen LogP contribution in [0.2, 0.25) is 0 Å². The van der Waals surface area contributed by atoms with Crippen molar-refractivity contribution in [3.05, 3.63) is 86.5 Å². The molecule has 0 aliphatic heterocycles. The summed E-state index contributed by atoms with van der Waals surface area (Å²) in [6, 6.07) is 11.7. The van der Waals surface area contributed by atoms with Gasteiger partial charge < -0.3 is 35.0 Å². The number of aliphatic carboxylic acids is 2. The standard InChI is InChI=1S/C34H50O8.C15H24O/c1-21-15-25(29(35)27(17-21)33(3,4)5)19-23(31(37)38)9-11-41-13-14-42-12-10-24(32(39)40)20-26-16-22(2)18-28(30(26)36)34(6,7)8;1-10-8-11(14(2,3)4)13(16)12(9-10)15(5,6)7/h15-18,23-24,35-36H,9-14,19-20H2,1-8H3,(H,37,38)(H,39,40);8-9,16H,1-7H3. The van der Waals surface area contributed by atoms with Crippen LogP contribution in [0.1, 0.15) is 146 Å². The predicted octanol–water partition coefficient (Wildman–Crippen LogP) is 10.6. The number of carbonyl (C=O) groups is 2. The molecule has 0 aromatic heterocycles. The van der Waals surface area contributed by atoms with Crippen LogP contribution in [0.3, 0.4) is 0 Å². The van der Waals surface area contributed by atoms with Crippen LogP contribution in [0, 0.1) is 32.6 Å². The Hall–Kier alpha value is -4.08. The lowest BCUT2D eigenvalue weighted by Crippen LogP contribution is -2.21. The first-order chi connectivity index (χ1) is 26.4. The number of phenolic OH excluding ortho intramolecular Hbond substituents is 3. The van der Waals surface area contributed by atoms with Gasteiger partial charge in [-0.15, -0.1) is 0 Å². The topological polar surface area (TPSA) is 154 Å². The van der Waals surface area contributed by atoms with E-state index in [2.05, 4.69) is 60.6 Å². The average Bonchev–Trinajstić information content (AvgIpc) is 3.06. The molecule has 0 bridgehead atoms. The molecule has 324 valence electrons. The molecule has 0 aliphatic rings. The van der Waals surface area contributed by atoms with Crippen LogP contribution in [0.4, 0.5) is 0 Å². The Morgan fingerprint density at radius 3 is 0.983 bits per heavy atom. The molecule has 3 aromatic rings. The molecule has 0 saturated carbocycles. The largest absolute Gasteiger partial charge is 0.507 e. The van der Waals surface area contributed by atoms with Crippen LogP contribution >= 0.6 is 0 Å². The molecule has 5 N–H and O–H groups in total. The molecule has 2 unspecified atom stereocenters. The van der Waals surface area contributed by atoms with Gasteiger partial charge in [0, 0.05) is 13.2 Å². The molecule has 0 heterocycles. The number of carboxylic acids is 2. The van der Waals surface area contributed by atoms with Crippen molar-refractivity contribution in [1.82, 2.24) is 0 Å². The Bertz CT molecular complexity index is 1720. The highest BCUT2D eigenvalue weighted by atomic mass is 16.5. The zero-order chi connectivity index (χ0) is 44.6. The summed E-state index contributed by atoms with van der Waals surface area (Å²) in [5.74, 6) is -2.53. The zero-order valence-corrected chi connectivity index (χ0v) is 38.1. The van der Waals surface area contributed by atoms with Crippen LogP contribution in [-0.2, 0) is 53.6 Å². The summed E-state index contributed by atoms with van der Waals surface area (Å²) in [5.41, 5.74) is 7.51. The molecule has 0 saturated heterocycles. The quantitative estimate of drug-likeness (QED) is 0.0944. The molecular weight excluding hydrogens is 733 g/mol. The second-order valence-electron chi connectivity index (χ2n) is 20.1. The van der Waals surface area contributed by atoms with E-state index in [1.165, 1.54) is 5.56 Å². The molecule has 9 nitrogen and oxygen atoms in total.